The minimum atomic E-state index is -0.575. The van der Waals surface area contributed by atoms with Gasteiger partial charge in [0, 0.05) is 56.2 Å². The molecule has 188 valence electrons. The standard InChI is InChI=1S/C25H35N7O3/c1-16-14-31(17(2)13-30(16)18-8-11-35-12-9-18)24(34)32-15-19-21(25(32,3)4)28-29-22(19)27-23(33)20-7-5-6-10-26-20/h5-7,10,16-18H,8-9,11-15H2,1-4H3,(H2,27,28,29,33)/t16-,17+/m1/s1. The Balaban J connectivity index is 1.30. The molecule has 10 heteroatoms. The number of anilines is 1. The highest BCUT2D eigenvalue weighted by Crippen LogP contribution is 2.41. The van der Waals surface area contributed by atoms with Crippen LogP contribution in [-0.2, 0) is 16.8 Å². The Labute approximate surface area is 206 Å². The van der Waals surface area contributed by atoms with Crippen molar-refractivity contribution in [2.24, 2.45) is 0 Å². The van der Waals surface area contributed by atoms with Crippen molar-refractivity contribution < 1.29 is 14.3 Å². The molecule has 0 spiro atoms. The maximum atomic E-state index is 13.9. The maximum absolute atomic E-state index is 13.9. The number of nitrogens with one attached hydrogen (secondary N) is 2. The van der Waals surface area contributed by atoms with E-state index in [4.69, 9.17) is 4.74 Å². The van der Waals surface area contributed by atoms with Crippen LogP contribution < -0.4 is 5.32 Å². The lowest BCUT2D eigenvalue weighted by atomic mass is 9.99. The van der Waals surface area contributed by atoms with Crippen LogP contribution in [0.25, 0.3) is 0 Å². The van der Waals surface area contributed by atoms with Crippen LogP contribution in [-0.4, -0.2) is 86.2 Å². The van der Waals surface area contributed by atoms with E-state index in [0.717, 1.165) is 43.9 Å². The normalized spacial score (nSPS) is 24.9. The zero-order chi connectivity index (χ0) is 24.7. The van der Waals surface area contributed by atoms with E-state index >= 15 is 0 Å². The van der Waals surface area contributed by atoms with Gasteiger partial charge >= 0.3 is 6.03 Å². The van der Waals surface area contributed by atoms with Crippen molar-refractivity contribution in [3.63, 3.8) is 0 Å². The predicted molar refractivity (Wildman–Crippen MR) is 131 cm³/mol. The molecule has 3 aliphatic rings. The highest BCUT2D eigenvalue weighted by Gasteiger charge is 2.47. The number of rotatable bonds is 3. The number of aromatic amines is 1. The fourth-order valence-corrected chi connectivity index (χ4v) is 5.70. The molecule has 5 heterocycles. The number of aromatic nitrogens is 3. The number of nitrogens with zero attached hydrogens (tertiary/aromatic N) is 5. The van der Waals surface area contributed by atoms with E-state index in [2.05, 4.69) is 39.2 Å². The summed E-state index contributed by atoms with van der Waals surface area (Å²) >= 11 is 0. The molecule has 2 aromatic rings. The molecule has 2 atom stereocenters. The van der Waals surface area contributed by atoms with Crippen molar-refractivity contribution in [1.82, 2.24) is 29.9 Å². The lowest BCUT2D eigenvalue weighted by molar-refractivity contribution is -0.0237. The molecule has 5 rings (SSSR count). The Bertz CT molecular complexity index is 1080. The van der Waals surface area contributed by atoms with E-state index in [-0.39, 0.29) is 24.0 Å². The van der Waals surface area contributed by atoms with Gasteiger partial charge in [0.1, 0.15) is 5.69 Å². The molecule has 0 bridgehead atoms. The third-order valence-electron chi connectivity index (χ3n) is 7.77. The molecular weight excluding hydrogens is 446 g/mol. The number of H-pyrrole nitrogens is 1. The van der Waals surface area contributed by atoms with Crippen LogP contribution in [0.1, 0.15) is 62.3 Å². The van der Waals surface area contributed by atoms with Crippen LogP contribution in [0.3, 0.4) is 0 Å². The van der Waals surface area contributed by atoms with Gasteiger partial charge in [-0.05, 0) is 52.7 Å². The monoisotopic (exact) mass is 481 g/mol. The second kappa shape index (κ2) is 9.23. The maximum Gasteiger partial charge on any atom is 0.321 e. The molecule has 0 aliphatic carbocycles. The molecule has 2 aromatic heterocycles. The Morgan fingerprint density at radius 3 is 2.63 bits per heavy atom. The van der Waals surface area contributed by atoms with Crippen LogP contribution in [0.4, 0.5) is 10.6 Å². The van der Waals surface area contributed by atoms with Crippen molar-refractivity contribution in [1.29, 1.82) is 0 Å². The van der Waals surface area contributed by atoms with Crippen molar-refractivity contribution in [2.45, 2.75) is 70.7 Å². The second-order valence-corrected chi connectivity index (χ2v) is 10.4. The van der Waals surface area contributed by atoms with Gasteiger partial charge in [0.2, 0.25) is 0 Å². The summed E-state index contributed by atoms with van der Waals surface area (Å²) in [5.41, 5.74) is 1.44. The van der Waals surface area contributed by atoms with Crippen molar-refractivity contribution in [3.8, 4) is 0 Å². The minimum Gasteiger partial charge on any atom is -0.381 e. The number of fused-ring (bicyclic) bond motifs is 1. The number of carbonyl (C=O) groups excluding carboxylic acids is 2. The summed E-state index contributed by atoms with van der Waals surface area (Å²) < 4.78 is 5.55. The van der Waals surface area contributed by atoms with E-state index in [1.54, 1.807) is 24.4 Å². The molecule has 3 aliphatic heterocycles. The fourth-order valence-electron chi connectivity index (χ4n) is 5.70. The summed E-state index contributed by atoms with van der Waals surface area (Å²) in [6.45, 7) is 12.0. The van der Waals surface area contributed by atoms with Crippen LogP contribution in [0.5, 0.6) is 0 Å². The van der Waals surface area contributed by atoms with Gasteiger partial charge in [0.15, 0.2) is 5.82 Å². The number of urea groups is 1. The second-order valence-electron chi connectivity index (χ2n) is 10.4. The minimum absolute atomic E-state index is 0.0209. The van der Waals surface area contributed by atoms with Crippen LogP contribution in [0.2, 0.25) is 0 Å². The lowest BCUT2D eigenvalue weighted by Gasteiger charge is -2.49. The summed E-state index contributed by atoms with van der Waals surface area (Å²) in [6.07, 6.45) is 3.69. The number of pyridine rings is 1. The first kappa shape index (κ1) is 23.7. The third kappa shape index (κ3) is 4.29. The number of carbonyl (C=O) groups is 2. The predicted octanol–water partition coefficient (Wildman–Crippen LogP) is 2.80. The van der Waals surface area contributed by atoms with Gasteiger partial charge in [-0.3, -0.25) is 19.8 Å². The van der Waals surface area contributed by atoms with Gasteiger partial charge in [-0.1, -0.05) is 6.07 Å². The Morgan fingerprint density at radius 2 is 1.91 bits per heavy atom. The number of piperazine rings is 1. The molecule has 2 saturated heterocycles. The van der Waals surface area contributed by atoms with E-state index < -0.39 is 5.54 Å². The highest BCUT2D eigenvalue weighted by molar-refractivity contribution is 6.02. The molecule has 0 radical (unpaired) electrons. The first-order valence-electron chi connectivity index (χ1n) is 12.5. The Hall–Kier alpha value is -2.98. The fraction of sp³-hybridized carbons (Fsp3) is 0.600. The molecule has 2 fully saturated rings. The van der Waals surface area contributed by atoms with E-state index in [1.165, 1.54) is 0 Å². The van der Waals surface area contributed by atoms with Crippen molar-refractivity contribution in [2.75, 3.05) is 31.6 Å². The van der Waals surface area contributed by atoms with Gasteiger partial charge in [-0.25, -0.2) is 4.79 Å². The van der Waals surface area contributed by atoms with E-state index in [1.807, 2.05) is 23.6 Å². The summed E-state index contributed by atoms with van der Waals surface area (Å²) in [5, 5.41) is 10.3. The summed E-state index contributed by atoms with van der Waals surface area (Å²) in [7, 11) is 0. The molecular formula is C25H35N7O3. The molecule has 0 aromatic carbocycles. The van der Waals surface area contributed by atoms with Gasteiger partial charge in [0.25, 0.3) is 5.91 Å². The SMILES string of the molecule is C[C@@H]1CN(C(=O)N2Cc3c(NC(=O)c4ccccn4)n[nH]c3C2(C)C)[C@@H](C)CN1C1CCOCC1. The number of hydrogen-bond donors (Lipinski definition) is 2. The molecule has 2 N–H and O–H groups in total. The van der Waals surface area contributed by atoms with Crippen molar-refractivity contribution in [3.05, 3.63) is 41.3 Å². The highest BCUT2D eigenvalue weighted by atomic mass is 16.5. The zero-order valence-corrected chi connectivity index (χ0v) is 21.0. The Kier molecular flexibility index (Phi) is 6.27. The lowest BCUT2D eigenvalue weighted by Crippen LogP contribution is -2.63. The first-order valence-corrected chi connectivity index (χ1v) is 12.5. The summed E-state index contributed by atoms with van der Waals surface area (Å²) in [4.78, 5) is 37.1. The van der Waals surface area contributed by atoms with Crippen LogP contribution in [0, 0.1) is 0 Å². The van der Waals surface area contributed by atoms with Gasteiger partial charge in [0.05, 0.1) is 17.8 Å². The van der Waals surface area contributed by atoms with Gasteiger partial charge in [-0.15, -0.1) is 0 Å². The van der Waals surface area contributed by atoms with Crippen molar-refractivity contribution >= 4 is 17.8 Å². The summed E-state index contributed by atoms with van der Waals surface area (Å²) in [6, 6.07) is 6.13. The average molecular weight is 482 g/mol. The largest absolute Gasteiger partial charge is 0.381 e. The molecule has 35 heavy (non-hydrogen) atoms. The number of amides is 3. The topological polar surface area (TPSA) is 107 Å². The van der Waals surface area contributed by atoms with Gasteiger partial charge < -0.3 is 19.9 Å². The van der Waals surface area contributed by atoms with E-state index in [0.29, 0.717) is 30.6 Å². The van der Waals surface area contributed by atoms with E-state index in [9.17, 15) is 9.59 Å². The average Bonchev–Trinajstić information content (AvgIpc) is 3.38. The smallest absolute Gasteiger partial charge is 0.321 e. The molecule has 0 saturated carbocycles. The third-order valence-corrected chi connectivity index (χ3v) is 7.77. The summed E-state index contributed by atoms with van der Waals surface area (Å²) in [5.74, 6) is 0.124. The number of hydrogen-bond acceptors (Lipinski definition) is 6. The Morgan fingerprint density at radius 1 is 1.14 bits per heavy atom. The number of ether oxygens (including phenoxy) is 1. The zero-order valence-electron chi connectivity index (χ0n) is 21.0. The molecule has 0 unspecified atom stereocenters. The molecule has 3 amide bonds. The first-order chi connectivity index (χ1) is 16.8. The van der Waals surface area contributed by atoms with Crippen LogP contribution >= 0.6 is 0 Å². The van der Waals surface area contributed by atoms with Gasteiger partial charge in [-0.2, -0.15) is 5.10 Å². The molecule has 10 nitrogen and oxygen atoms in total. The quantitative estimate of drug-likeness (QED) is 0.698. The van der Waals surface area contributed by atoms with Crippen LogP contribution in [0.15, 0.2) is 24.4 Å².